The lowest BCUT2D eigenvalue weighted by atomic mass is 9.94. The summed E-state index contributed by atoms with van der Waals surface area (Å²) in [5.41, 5.74) is 1.65. The third kappa shape index (κ3) is 5.25. The van der Waals surface area contributed by atoms with Gasteiger partial charge in [-0.15, -0.1) is 0 Å². The Morgan fingerprint density at radius 2 is 1.67 bits per heavy atom. The summed E-state index contributed by atoms with van der Waals surface area (Å²) < 4.78 is 0. The van der Waals surface area contributed by atoms with Crippen molar-refractivity contribution in [2.45, 2.75) is 52.0 Å². The highest BCUT2D eigenvalue weighted by atomic mass is 16.2. The van der Waals surface area contributed by atoms with E-state index in [4.69, 9.17) is 0 Å². The van der Waals surface area contributed by atoms with Gasteiger partial charge in [0.05, 0.1) is 6.54 Å². The number of nitrogens with one attached hydrogen (secondary N) is 2. The molecule has 1 saturated carbocycles. The lowest BCUT2D eigenvalue weighted by Crippen LogP contribution is -2.41. The molecule has 0 spiro atoms. The molecule has 0 aliphatic heterocycles. The van der Waals surface area contributed by atoms with Crippen LogP contribution in [0.25, 0.3) is 0 Å². The third-order valence-electron chi connectivity index (χ3n) is 4.64. The largest absolute Gasteiger partial charge is 0.376 e. The Morgan fingerprint density at radius 1 is 1.08 bits per heavy atom. The third-order valence-corrected chi connectivity index (χ3v) is 4.64. The van der Waals surface area contributed by atoms with Gasteiger partial charge in [-0.1, -0.05) is 33.1 Å². The zero-order valence-electron chi connectivity index (χ0n) is 15.0. The van der Waals surface area contributed by atoms with Crippen LogP contribution in [0.15, 0.2) is 24.3 Å². The molecule has 24 heavy (non-hydrogen) atoms. The van der Waals surface area contributed by atoms with Gasteiger partial charge in [0.15, 0.2) is 0 Å². The fourth-order valence-electron chi connectivity index (χ4n) is 2.93. The number of anilines is 2. The van der Waals surface area contributed by atoms with Gasteiger partial charge in [0.2, 0.25) is 11.8 Å². The predicted octanol–water partition coefficient (Wildman–Crippen LogP) is 3.48. The second-order valence-corrected chi connectivity index (χ2v) is 6.87. The molecule has 132 valence electrons. The molecule has 0 saturated heterocycles. The summed E-state index contributed by atoms with van der Waals surface area (Å²) >= 11 is 0. The van der Waals surface area contributed by atoms with Crippen LogP contribution in [-0.4, -0.2) is 36.3 Å². The monoisotopic (exact) mass is 331 g/mol. The standard InChI is InChI=1S/C19H29N3O2/c1-14(2)19(24)21-16-11-9-15(10-12-16)20-13-18(23)22(3)17-7-5-4-6-8-17/h9-12,14,17,20H,4-8,13H2,1-3H3,(H,21,24). The van der Waals surface area contributed by atoms with Crippen molar-refractivity contribution in [1.82, 2.24) is 4.90 Å². The predicted molar refractivity (Wildman–Crippen MR) is 98.0 cm³/mol. The van der Waals surface area contributed by atoms with E-state index in [9.17, 15) is 9.59 Å². The van der Waals surface area contributed by atoms with Crippen LogP contribution in [0.4, 0.5) is 11.4 Å². The molecule has 0 unspecified atom stereocenters. The molecule has 2 N–H and O–H groups in total. The highest BCUT2D eigenvalue weighted by Gasteiger charge is 2.21. The van der Waals surface area contributed by atoms with Gasteiger partial charge in [0.25, 0.3) is 0 Å². The molecule has 1 aromatic carbocycles. The highest BCUT2D eigenvalue weighted by Crippen LogP contribution is 2.21. The summed E-state index contributed by atoms with van der Waals surface area (Å²) in [6.45, 7) is 4.02. The molecule has 1 aliphatic carbocycles. The Labute approximate surface area is 144 Å². The first kappa shape index (κ1) is 18.3. The first-order valence-electron chi connectivity index (χ1n) is 8.88. The van der Waals surface area contributed by atoms with E-state index in [0.717, 1.165) is 24.2 Å². The van der Waals surface area contributed by atoms with Crippen molar-refractivity contribution in [1.29, 1.82) is 0 Å². The Hall–Kier alpha value is -2.04. The Kier molecular flexibility index (Phi) is 6.64. The topological polar surface area (TPSA) is 61.4 Å². The van der Waals surface area contributed by atoms with Crippen LogP contribution in [0, 0.1) is 5.92 Å². The van der Waals surface area contributed by atoms with Gasteiger partial charge in [-0.05, 0) is 37.1 Å². The number of hydrogen-bond acceptors (Lipinski definition) is 3. The maximum absolute atomic E-state index is 12.3. The van der Waals surface area contributed by atoms with Gasteiger partial charge < -0.3 is 15.5 Å². The van der Waals surface area contributed by atoms with Crippen LogP contribution in [0.5, 0.6) is 0 Å². The Bertz CT molecular complexity index is 548. The summed E-state index contributed by atoms with van der Waals surface area (Å²) in [6.07, 6.45) is 5.97. The van der Waals surface area contributed by atoms with Gasteiger partial charge in [0.1, 0.15) is 0 Å². The number of hydrogen-bond donors (Lipinski definition) is 2. The molecule has 0 radical (unpaired) electrons. The van der Waals surface area contributed by atoms with E-state index in [0.29, 0.717) is 12.6 Å². The highest BCUT2D eigenvalue weighted by molar-refractivity contribution is 5.92. The minimum atomic E-state index is -0.0456. The first-order valence-corrected chi connectivity index (χ1v) is 8.88. The SMILES string of the molecule is CC(C)C(=O)Nc1ccc(NCC(=O)N(C)C2CCCCC2)cc1. The first-order chi connectivity index (χ1) is 11.5. The fraction of sp³-hybridized carbons (Fsp3) is 0.579. The number of likely N-dealkylation sites (N-methyl/N-ethyl adjacent to an activating group) is 1. The lowest BCUT2D eigenvalue weighted by molar-refractivity contribution is -0.130. The van der Waals surface area contributed by atoms with E-state index in [2.05, 4.69) is 10.6 Å². The number of carbonyl (C=O) groups excluding carboxylic acids is 2. The summed E-state index contributed by atoms with van der Waals surface area (Å²) in [5.74, 6) is 0.0785. The van der Waals surface area contributed by atoms with Crippen molar-refractivity contribution in [3.05, 3.63) is 24.3 Å². The molecule has 1 fully saturated rings. The van der Waals surface area contributed by atoms with Gasteiger partial charge in [-0.2, -0.15) is 0 Å². The second-order valence-electron chi connectivity index (χ2n) is 6.87. The molecule has 1 aliphatic rings. The summed E-state index contributed by atoms with van der Waals surface area (Å²) in [5, 5.41) is 6.02. The van der Waals surface area contributed by atoms with E-state index in [1.807, 2.05) is 50.1 Å². The molecule has 1 aromatic rings. The molecule has 2 rings (SSSR count). The van der Waals surface area contributed by atoms with Crippen molar-refractivity contribution in [3.8, 4) is 0 Å². The van der Waals surface area contributed by atoms with Crippen molar-refractivity contribution in [2.24, 2.45) is 5.92 Å². The summed E-state index contributed by atoms with van der Waals surface area (Å²) in [6, 6.07) is 7.84. The molecular formula is C19H29N3O2. The van der Waals surface area contributed by atoms with Crippen LogP contribution < -0.4 is 10.6 Å². The maximum atomic E-state index is 12.3. The van der Waals surface area contributed by atoms with Crippen LogP contribution in [0.3, 0.4) is 0 Å². The molecule has 0 aromatic heterocycles. The second kappa shape index (κ2) is 8.71. The molecule has 5 nitrogen and oxygen atoms in total. The smallest absolute Gasteiger partial charge is 0.241 e. The minimum absolute atomic E-state index is 0.00000584. The van der Waals surface area contributed by atoms with Crippen LogP contribution in [0.2, 0.25) is 0 Å². The molecule has 2 amide bonds. The van der Waals surface area contributed by atoms with Crippen LogP contribution in [-0.2, 0) is 9.59 Å². The zero-order chi connectivity index (χ0) is 17.5. The minimum Gasteiger partial charge on any atom is -0.376 e. The van der Waals surface area contributed by atoms with Crippen molar-refractivity contribution < 1.29 is 9.59 Å². The Balaban J connectivity index is 1.81. The van der Waals surface area contributed by atoms with Crippen molar-refractivity contribution >= 4 is 23.2 Å². The quantitative estimate of drug-likeness (QED) is 0.839. The van der Waals surface area contributed by atoms with Crippen molar-refractivity contribution in [2.75, 3.05) is 24.2 Å². The van der Waals surface area contributed by atoms with E-state index < -0.39 is 0 Å². The van der Waals surface area contributed by atoms with Gasteiger partial charge in [-0.25, -0.2) is 0 Å². The lowest BCUT2D eigenvalue weighted by Gasteiger charge is -2.31. The maximum Gasteiger partial charge on any atom is 0.241 e. The molecule has 5 heteroatoms. The van der Waals surface area contributed by atoms with Gasteiger partial charge in [0, 0.05) is 30.4 Å². The van der Waals surface area contributed by atoms with Gasteiger partial charge in [-0.3, -0.25) is 9.59 Å². The molecular weight excluding hydrogens is 302 g/mol. The van der Waals surface area contributed by atoms with E-state index >= 15 is 0 Å². The number of carbonyl (C=O) groups is 2. The Morgan fingerprint density at radius 3 is 2.25 bits per heavy atom. The zero-order valence-corrected chi connectivity index (χ0v) is 15.0. The number of benzene rings is 1. The van der Waals surface area contributed by atoms with E-state index in [1.54, 1.807) is 0 Å². The van der Waals surface area contributed by atoms with Crippen LogP contribution >= 0.6 is 0 Å². The normalized spacial score (nSPS) is 15.2. The molecule has 0 atom stereocenters. The number of rotatable bonds is 6. The average molecular weight is 331 g/mol. The summed E-state index contributed by atoms with van der Waals surface area (Å²) in [4.78, 5) is 25.9. The number of nitrogens with zero attached hydrogens (tertiary/aromatic N) is 1. The number of amides is 2. The van der Waals surface area contributed by atoms with E-state index in [1.165, 1.54) is 19.3 Å². The van der Waals surface area contributed by atoms with Crippen LogP contribution in [0.1, 0.15) is 46.0 Å². The van der Waals surface area contributed by atoms with E-state index in [-0.39, 0.29) is 17.7 Å². The van der Waals surface area contributed by atoms with Crippen molar-refractivity contribution in [3.63, 3.8) is 0 Å². The fourth-order valence-corrected chi connectivity index (χ4v) is 2.93. The van der Waals surface area contributed by atoms with Gasteiger partial charge >= 0.3 is 0 Å². The molecule has 0 bridgehead atoms. The molecule has 0 heterocycles. The summed E-state index contributed by atoms with van der Waals surface area (Å²) in [7, 11) is 1.91. The average Bonchev–Trinajstić information content (AvgIpc) is 2.60.